The fraction of sp³-hybridized carbons (Fsp3) is 0.412. The van der Waals surface area contributed by atoms with Crippen LogP contribution in [0.3, 0.4) is 0 Å². The van der Waals surface area contributed by atoms with Crippen molar-refractivity contribution in [2.45, 2.75) is 33.3 Å². The van der Waals surface area contributed by atoms with Crippen molar-refractivity contribution in [2.75, 3.05) is 13.2 Å². The number of hydrogen-bond donors (Lipinski definition) is 1. The summed E-state index contributed by atoms with van der Waals surface area (Å²) in [5.41, 5.74) is 1.46. The van der Waals surface area contributed by atoms with Crippen molar-refractivity contribution in [3.8, 4) is 11.5 Å². The predicted molar refractivity (Wildman–Crippen MR) is 89.5 cm³/mol. The minimum Gasteiger partial charge on any atom is -0.441 e. The van der Waals surface area contributed by atoms with E-state index in [0.29, 0.717) is 35.5 Å². The Morgan fingerprint density at radius 1 is 1.35 bits per heavy atom. The molecular weight excluding hydrogens is 316 g/mol. The molecule has 1 N–H and O–H groups in total. The number of carbonyl (C=O) groups is 1. The molecule has 0 bridgehead atoms. The van der Waals surface area contributed by atoms with Gasteiger partial charge < -0.3 is 14.5 Å². The molecule has 0 aliphatic carbocycles. The zero-order valence-corrected chi connectivity index (χ0v) is 14.3. The van der Waals surface area contributed by atoms with Gasteiger partial charge in [-0.05, 0) is 45.0 Å². The minimum atomic E-state index is -0.101. The van der Waals surface area contributed by atoms with E-state index in [9.17, 15) is 4.79 Å². The molecule has 5 nitrogen and oxygen atoms in total. The summed E-state index contributed by atoms with van der Waals surface area (Å²) in [7, 11) is 0. The molecule has 0 saturated carbocycles. The highest BCUT2D eigenvalue weighted by Gasteiger charge is 2.14. The van der Waals surface area contributed by atoms with Crippen LogP contribution in [-0.4, -0.2) is 30.1 Å². The molecule has 0 spiro atoms. The lowest BCUT2D eigenvalue weighted by Gasteiger charge is -2.08. The van der Waals surface area contributed by atoms with Crippen molar-refractivity contribution in [3.63, 3.8) is 0 Å². The molecule has 0 saturated heterocycles. The second-order valence-corrected chi connectivity index (χ2v) is 5.91. The molecule has 0 fully saturated rings. The van der Waals surface area contributed by atoms with Crippen molar-refractivity contribution in [3.05, 3.63) is 40.7 Å². The molecular formula is C17H21ClN2O3. The number of nitrogens with one attached hydrogen (secondary N) is 1. The number of hydrogen-bond acceptors (Lipinski definition) is 4. The summed E-state index contributed by atoms with van der Waals surface area (Å²) >= 11 is 5.87. The van der Waals surface area contributed by atoms with Crippen molar-refractivity contribution in [1.82, 2.24) is 10.3 Å². The predicted octanol–water partition coefficient (Wildman–Crippen LogP) is 3.39. The van der Waals surface area contributed by atoms with Crippen LogP contribution in [0.1, 0.15) is 25.3 Å². The van der Waals surface area contributed by atoms with Crippen LogP contribution in [0.2, 0.25) is 5.02 Å². The number of rotatable bonds is 7. The van der Waals surface area contributed by atoms with Crippen molar-refractivity contribution in [2.24, 2.45) is 0 Å². The summed E-state index contributed by atoms with van der Waals surface area (Å²) in [5, 5.41) is 3.46. The van der Waals surface area contributed by atoms with Gasteiger partial charge in [-0.25, -0.2) is 4.98 Å². The minimum absolute atomic E-state index is 0.101. The summed E-state index contributed by atoms with van der Waals surface area (Å²) in [6.07, 6.45) is 0.344. The molecule has 0 aliphatic rings. The monoisotopic (exact) mass is 336 g/mol. The Bertz CT molecular complexity index is 650. The number of benzene rings is 1. The first-order valence-corrected chi connectivity index (χ1v) is 7.94. The number of halogens is 1. The van der Waals surface area contributed by atoms with E-state index in [4.69, 9.17) is 20.8 Å². The molecule has 0 aliphatic heterocycles. The third-order valence-corrected chi connectivity index (χ3v) is 3.44. The van der Waals surface area contributed by atoms with Gasteiger partial charge in [0.05, 0.1) is 24.8 Å². The summed E-state index contributed by atoms with van der Waals surface area (Å²) in [4.78, 5) is 16.3. The van der Waals surface area contributed by atoms with Crippen molar-refractivity contribution < 1.29 is 13.9 Å². The van der Waals surface area contributed by atoms with E-state index in [1.165, 1.54) is 0 Å². The lowest BCUT2D eigenvalue weighted by molar-refractivity contribution is -0.120. The molecule has 1 aromatic carbocycles. The van der Waals surface area contributed by atoms with Gasteiger partial charge in [-0.3, -0.25) is 4.79 Å². The largest absolute Gasteiger partial charge is 0.441 e. The number of nitrogens with zero attached hydrogens (tertiary/aromatic N) is 1. The SMILES string of the molecule is Cc1oc(-c2ccc(Cl)cc2)nc1CC(=O)NCCOC(C)C. The van der Waals surface area contributed by atoms with E-state index in [1.807, 2.05) is 26.0 Å². The average molecular weight is 337 g/mol. The van der Waals surface area contributed by atoms with Gasteiger partial charge in [-0.2, -0.15) is 0 Å². The highest BCUT2D eigenvalue weighted by molar-refractivity contribution is 6.30. The third kappa shape index (κ3) is 5.37. The van der Waals surface area contributed by atoms with Crippen LogP contribution in [0.4, 0.5) is 0 Å². The molecule has 0 unspecified atom stereocenters. The van der Waals surface area contributed by atoms with Crippen LogP contribution < -0.4 is 5.32 Å². The second kappa shape index (κ2) is 8.13. The Morgan fingerprint density at radius 3 is 2.70 bits per heavy atom. The van der Waals surface area contributed by atoms with Crippen LogP contribution in [0, 0.1) is 6.92 Å². The first-order chi connectivity index (χ1) is 11.0. The maximum Gasteiger partial charge on any atom is 0.226 e. The smallest absolute Gasteiger partial charge is 0.226 e. The molecule has 2 rings (SSSR count). The van der Waals surface area contributed by atoms with Gasteiger partial charge in [0.15, 0.2) is 0 Å². The number of carbonyl (C=O) groups excluding carboxylic acids is 1. The molecule has 1 aromatic heterocycles. The van der Waals surface area contributed by atoms with Crippen LogP contribution in [0.15, 0.2) is 28.7 Å². The van der Waals surface area contributed by atoms with E-state index < -0.39 is 0 Å². The molecule has 6 heteroatoms. The molecule has 1 amide bonds. The Kier molecular flexibility index (Phi) is 6.19. The first-order valence-electron chi connectivity index (χ1n) is 7.56. The van der Waals surface area contributed by atoms with Crippen LogP contribution >= 0.6 is 11.6 Å². The zero-order chi connectivity index (χ0) is 16.8. The van der Waals surface area contributed by atoms with Gasteiger partial charge in [0.2, 0.25) is 11.8 Å². The molecule has 2 aromatic rings. The average Bonchev–Trinajstić information content (AvgIpc) is 2.85. The first kappa shape index (κ1) is 17.5. The third-order valence-electron chi connectivity index (χ3n) is 3.19. The van der Waals surface area contributed by atoms with Crippen LogP contribution in [0.5, 0.6) is 0 Å². The Labute approximate surface area is 141 Å². The van der Waals surface area contributed by atoms with E-state index in [0.717, 1.165) is 5.56 Å². The summed E-state index contributed by atoms with van der Waals surface area (Å²) in [6, 6.07) is 7.22. The van der Waals surface area contributed by atoms with Gasteiger partial charge in [-0.15, -0.1) is 0 Å². The van der Waals surface area contributed by atoms with Gasteiger partial charge in [-0.1, -0.05) is 11.6 Å². The summed E-state index contributed by atoms with van der Waals surface area (Å²) in [5.74, 6) is 1.03. The van der Waals surface area contributed by atoms with E-state index in [2.05, 4.69) is 10.3 Å². The van der Waals surface area contributed by atoms with E-state index >= 15 is 0 Å². The van der Waals surface area contributed by atoms with Crippen LogP contribution in [-0.2, 0) is 16.0 Å². The van der Waals surface area contributed by atoms with Gasteiger partial charge in [0.1, 0.15) is 5.76 Å². The molecule has 23 heavy (non-hydrogen) atoms. The standard InChI is InChI=1S/C17H21ClN2O3/c1-11(2)22-9-8-19-16(21)10-15-12(3)23-17(20-15)13-4-6-14(18)7-5-13/h4-7,11H,8-10H2,1-3H3,(H,19,21). The number of ether oxygens (including phenoxy) is 1. The Morgan fingerprint density at radius 2 is 2.04 bits per heavy atom. The van der Waals surface area contributed by atoms with Crippen molar-refractivity contribution in [1.29, 1.82) is 0 Å². The quantitative estimate of drug-likeness (QED) is 0.787. The number of amides is 1. The van der Waals surface area contributed by atoms with E-state index in [-0.39, 0.29) is 18.4 Å². The van der Waals surface area contributed by atoms with Gasteiger partial charge in [0, 0.05) is 17.1 Å². The molecule has 0 atom stereocenters. The Hall–Kier alpha value is -1.85. The zero-order valence-electron chi connectivity index (χ0n) is 13.6. The molecule has 1 heterocycles. The molecule has 124 valence electrons. The maximum atomic E-state index is 11.9. The number of aryl methyl sites for hydroxylation is 1. The fourth-order valence-corrected chi connectivity index (χ4v) is 2.13. The summed E-state index contributed by atoms with van der Waals surface area (Å²) < 4.78 is 11.0. The highest BCUT2D eigenvalue weighted by atomic mass is 35.5. The number of oxazole rings is 1. The topological polar surface area (TPSA) is 64.4 Å². The van der Waals surface area contributed by atoms with Crippen LogP contribution in [0.25, 0.3) is 11.5 Å². The fourth-order valence-electron chi connectivity index (χ4n) is 2.01. The van der Waals surface area contributed by atoms with Gasteiger partial charge in [0.25, 0.3) is 0 Å². The Balaban J connectivity index is 1.93. The second-order valence-electron chi connectivity index (χ2n) is 5.48. The van der Waals surface area contributed by atoms with Gasteiger partial charge >= 0.3 is 0 Å². The lowest BCUT2D eigenvalue weighted by Crippen LogP contribution is -2.29. The maximum absolute atomic E-state index is 11.9. The molecule has 0 radical (unpaired) electrons. The van der Waals surface area contributed by atoms with Crippen molar-refractivity contribution >= 4 is 17.5 Å². The number of aromatic nitrogens is 1. The lowest BCUT2D eigenvalue weighted by atomic mass is 10.2. The highest BCUT2D eigenvalue weighted by Crippen LogP contribution is 2.23. The van der Waals surface area contributed by atoms with E-state index in [1.54, 1.807) is 19.1 Å². The summed E-state index contributed by atoms with van der Waals surface area (Å²) in [6.45, 7) is 6.70. The normalized spacial score (nSPS) is 11.0.